The van der Waals surface area contributed by atoms with Gasteiger partial charge in [-0.1, -0.05) is 37.8 Å². The maximum absolute atomic E-state index is 11.6. The lowest BCUT2D eigenvalue weighted by molar-refractivity contribution is 0.101. The summed E-state index contributed by atoms with van der Waals surface area (Å²) in [5, 5.41) is 22.7. The molecule has 2 unspecified atom stereocenters. The minimum absolute atomic E-state index is 0.0673. The SMILES string of the molecule is CC(C)C(O)C#Cc1cccc(C(O)CCOC(=O)NC(C)(C)C)c1. The van der Waals surface area contributed by atoms with Crippen LogP contribution < -0.4 is 5.32 Å². The first-order chi connectivity index (χ1) is 11.6. The van der Waals surface area contributed by atoms with E-state index in [-0.39, 0.29) is 18.1 Å². The van der Waals surface area contributed by atoms with Crippen LogP contribution in [0.5, 0.6) is 0 Å². The number of nitrogens with one attached hydrogen (secondary N) is 1. The van der Waals surface area contributed by atoms with Crippen molar-refractivity contribution in [2.75, 3.05) is 6.61 Å². The average Bonchev–Trinajstić information content (AvgIpc) is 2.50. The van der Waals surface area contributed by atoms with Crippen molar-refractivity contribution >= 4 is 6.09 Å². The van der Waals surface area contributed by atoms with Crippen molar-refractivity contribution in [2.45, 2.75) is 58.8 Å². The first-order valence-electron chi connectivity index (χ1n) is 8.51. The highest BCUT2D eigenvalue weighted by Crippen LogP contribution is 2.18. The van der Waals surface area contributed by atoms with Crippen molar-refractivity contribution in [3.05, 3.63) is 35.4 Å². The predicted octanol–water partition coefficient (Wildman–Crippen LogP) is 3.00. The number of amides is 1. The Morgan fingerprint density at radius 1 is 1.28 bits per heavy atom. The molecule has 1 aromatic carbocycles. The van der Waals surface area contributed by atoms with Crippen LogP contribution in [0, 0.1) is 17.8 Å². The van der Waals surface area contributed by atoms with Gasteiger partial charge in [-0.05, 0) is 44.4 Å². The monoisotopic (exact) mass is 347 g/mol. The zero-order chi connectivity index (χ0) is 19.0. The summed E-state index contributed by atoms with van der Waals surface area (Å²) in [5.74, 6) is 5.77. The van der Waals surface area contributed by atoms with Crippen molar-refractivity contribution in [1.29, 1.82) is 0 Å². The highest BCUT2D eigenvalue weighted by atomic mass is 16.5. The van der Waals surface area contributed by atoms with Crippen LogP contribution in [0.3, 0.4) is 0 Å². The van der Waals surface area contributed by atoms with Gasteiger partial charge in [0.1, 0.15) is 6.10 Å². The van der Waals surface area contributed by atoms with Crippen LogP contribution in [0.2, 0.25) is 0 Å². The molecule has 0 aromatic heterocycles. The zero-order valence-corrected chi connectivity index (χ0v) is 15.7. The summed E-state index contributed by atoms with van der Waals surface area (Å²) >= 11 is 0. The molecule has 0 spiro atoms. The molecule has 0 bridgehead atoms. The lowest BCUT2D eigenvalue weighted by Crippen LogP contribution is -2.41. The summed E-state index contributed by atoms with van der Waals surface area (Å²) in [6, 6.07) is 7.20. The van der Waals surface area contributed by atoms with Crippen molar-refractivity contribution < 1.29 is 19.7 Å². The number of rotatable bonds is 5. The topological polar surface area (TPSA) is 78.8 Å². The van der Waals surface area contributed by atoms with Gasteiger partial charge in [-0.3, -0.25) is 0 Å². The number of alkyl carbamates (subject to hydrolysis) is 1. The van der Waals surface area contributed by atoms with Crippen LogP contribution in [0.15, 0.2) is 24.3 Å². The standard InChI is InChI=1S/C20H29NO4/c1-14(2)17(22)10-9-15-7-6-8-16(13-15)18(23)11-12-25-19(24)21-20(3,4)5/h6-8,13-14,17-18,22-23H,11-12H2,1-5H3,(H,21,24). The highest BCUT2D eigenvalue weighted by molar-refractivity contribution is 5.68. The Bertz CT molecular complexity index is 623. The van der Waals surface area contributed by atoms with E-state index in [0.29, 0.717) is 12.0 Å². The van der Waals surface area contributed by atoms with E-state index in [9.17, 15) is 15.0 Å². The lowest BCUT2D eigenvalue weighted by Gasteiger charge is -2.20. The van der Waals surface area contributed by atoms with Gasteiger partial charge in [0.2, 0.25) is 0 Å². The second kappa shape index (κ2) is 9.45. The van der Waals surface area contributed by atoms with Gasteiger partial charge in [-0.2, -0.15) is 0 Å². The molecule has 5 nitrogen and oxygen atoms in total. The number of hydrogen-bond acceptors (Lipinski definition) is 4. The highest BCUT2D eigenvalue weighted by Gasteiger charge is 2.15. The van der Waals surface area contributed by atoms with Crippen LogP contribution in [0.25, 0.3) is 0 Å². The van der Waals surface area contributed by atoms with E-state index in [1.54, 1.807) is 18.2 Å². The molecule has 1 rings (SSSR count). The van der Waals surface area contributed by atoms with E-state index < -0.39 is 18.3 Å². The summed E-state index contributed by atoms with van der Waals surface area (Å²) in [7, 11) is 0. The van der Waals surface area contributed by atoms with E-state index in [1.807, 2.05) is 40.7 Å². The van der Waals surface area contributed by atoms with Crippen LogP contribution in [-0.4, -0.2) is 34.6 Å². The summed E-state index contributed by atoms with van der Waals surface area (Å²) < 4.78 is 5.07. The van der Waals surface area contributed by atoms with Crippen LogP contribution in [0.1, 0.15) is 58.3 Å². The molecule has 3 N–H and O–H groups in total. The van der Waals surface area contributed by atoms with Gasteiger partial charge < -0.3 is 20.3 Å². The fourth-order valence-corrected chi connectivity index (χ4v) is 1.92. The maximum Gasteiger partial charge on any atom is 0.407 e. The molecule has 5 heteroatoms. The van der Waals surface area contributed by atoms with Crippen molar-refractivity contribution in [2.24, 2.45) is 5.92 Å². The van der Waals surface area contributed by atoms with Gasteiger partial charge in [0.25, 0.3) is 0 Å². The Morgan fingerprint density at radius 2 is 1.96 bits per heavy atom. The summed E-state index contributed by atoms with van der Waals surface area (Å²) in [5.41, 5.74) is 1.07. The molecule has 0 radical (unpaired) electrons. The van der Waals surface area contributed by atoms with E-state index in [4.69, 9.17) is 4.74 Å². The van der Waals surface area contributed by atoms with E-state index >= 15 is 0 Å². The number of aliphatic hydroxyl groups excluding tert-OH is 2. The van der Waals surface area contributed by atoms with Crippen molar-refractivity contribution in [1.82, 2.24) is 5.32 Å². The molecular weight excluding hydrogens is 318 g/mol. The third-order valence-electron chi connectivity index (χ3n) is 3.37. The largest absolute Gasteiger partial charge is 0.449 e. The number of carbonyl (C=O) groups excluding carboxylic acids is 1. The molecule has 0 aliphatic heterocycles. The second-order valence-corrected chi connectivity index (χ2v) is 7.40. The van der Waals surface area contributed by atoms with Gasteiger partial charge in [-0.25, -0.2) is 4.79 Å². The molecule has 0 fully saturated rings. The number of benzene rings is 1. The lowest BCUT2D eigenvalue weighted by atomic mass is 10.0. The van der Waals surface area contributed by atoms with Crippen LogP contribution in [0.4, 0.5) is 4.79 Å². The van der Waals surface area contributed by atoms with Gasteiger partial charge in [0, 0.05) is 17.5 Å². The smallest absolute Gasteiger partial charge is 0.407 e. The average molecular weight is 347 g/mol. The molecule has 138 valence electrons. The van der Waals surface area contributed by atoms with Crippen molar-refractivity contribution in [3.63, 3.8) is 0 Å². The quantitative estimate of drug-likeness (QED) is 0.716. The van der Waals surface area contributed by atoms with Crippen LogP contribution in [-0.2, 0) is 4.74 Å². The van der Waals surface area contributed by atoms with E-state index in [0.717, 1.165) is 5.56 Å². The van der Waals surface area contributed by atoms with Gasteiger partial charge in [-0.15, -0.1) is 0 Å². The molecule has 25 heavy (non-hydrogen) atoms. The first kappa shape index (κ1) is 21.0. The normalized spacial score (nSPS) is 13.6. The Labute approximate surface area is 150 Å². The molecule has 0 aliphatic carbocycles. The molecular formula is C20H29NO4. The molecule has 0 saturated carbocycles. The van der Waals surface area contributed by atoms with Gasteiger partial charge in [0.05, 0.1) is 12.7 Å². The van der Waals surface area contributed by atoms with E-state index in [1.165, 1.54) is 0 Å². The molecule has 1 aromatic rings. The second-order valence-electron chi connectivity index (χ2n) is 7.40. The zero-order valence-electron chi connectivity index (χ0n) is 15.7. The Kier molecular flexibility index (Phi) is 7.95. The van der Waals surface area contributed by atoms with Gasteiger partial charge >= 0.3 is 6.09 Å². The molecule has 1 amide bonds. The van der Waals surface area contributed by atoms with Crippen molar-refractivity contribution in [3.8, 4) is 11.8 Å². The summed E-state index contributed by atoms with van der Waals surface area (Å²) in [4.78, 5) is 11.6. The number of carbonyl (C=O) groups is 1. The summed E-state index contributed by atoms with van der Waals surface area (Å²) in [6.07, 6.45) is -1.63. The fraction of sp³-hybridized carbons (Fsp3) is 0.550. The Morgan fingerprint density at radius 3 is 2.56 bits per heavy atom. The minimum atomic E-state index is -0.751. The number of hydrogen-bond donors (Lipinski definition) is 3. The number of ether oxygens (including phenoxy) is 1. The summed E-state index contributed by atoms with van der Waals surface area (Å²) in [6.45, 7) is 9.51. The Balaban J connectivity index is 2.57. The third kappa shape index (κ3) is 8.57. The Hall–Kier alpha value is -2.03. The maximum atomic E-state index is 11.6. The van der Waals surface area contributed by atoms with Crippen LogP contribution >= 0.6 is 0 Å². The third-order valence-corrected chi connectivity index (χ3v) is 3.37. The van der Waals surface area contributed by atoms with Gasteiger partial charge in [0.15, 0.2) is 0 Å². The number of aliphatic hydroxyl groups is 2. The molecule has 0 heterocycles. The van der Waals surface area contributed by atoms with E-state index in [2.05, 4.69) is 17.2 Å². The predicted molar refractivity (Wildman–Crippen MR) is 98.0 cm³/mol. The molecule has 2 atom stereocenters. The fourth-order valence-electron chi connectivity index (χ4n) is 1.92. The minimum Gasteiger partial charge on any atom is -0.449 e. The molecule has 0 saturated heterocycles. The molecule has 0 aliphatic rings. The first-order valence-corrected chi connectivity index (χ1v) is 8.51.